The van der Waals surface area contributed by atoms with Gasteiger partial charge in [0.25, 0.3) is 5.91 Å². The van der Waals surface area contributed by atoms with Crippen molar-refractivity contribution in [1.82, 2.24) is 19.6 Å². The van der Waals surface area contributed by atoms with Crippen LogP contribution in [0.15, 0.2) is 66.7 Å². The summed E-state index contributed by atoms with van der Waals surface area (Å²) in [6.45, 7) is 5.52. The summed E-state index contributed by atoms with van der Waals surface area (Å²) in [4.78, 5) is 32.0. The van der Waals surface area contributed by atoms with Crippen molar-refractivity contribution < 1.29 is 9.59 Å². The van der Waals surface area contributed by atoms with Gasteiger partial charge in [-0.3, -0.25) is 14.3 Å². The number of hydrogen-bond acceptors (Lipinski definition) is 4. The molecule has 3 aromatic rings. The smallest absolute Gasteiger partial charge is 0.274 e. The topological polar surface area (TPSA) is 61.7 Å². The zero-order valence-corrected chi connectivity index (χ0v) is 19.9. The van der Waals surface area contributed by atoms with Crippen LogP contribution in [-0.4, -0.2) is 64.6 Å². The van der Waals surface area contributed by atoms with Crippen LogP contribution in [-0.2, 0) is 17.9 Å². The first-order valence-corrected chi connectivity index (χ1v) is 10.9. The van der Waals surface area contributed by atoms with Gasteiger partial charge in [-0.05, 0) is 37.7 Å². The number of piperazine rings is 1. The fourth-order valence-corrected chi connectivity index (χ4v) is 3.86. The van der Waals surface area contributed by atoms with Gasteiger partial charge in [0, 0.05) is 37.6 Å². The fourth-order valence-electron chi connectivity index (χ4n) is 3.86. The van der Waals surface area contributed by atoms with E-state index in [1.54, 1.807) is 15.6 Å². The minimum atomic E-state index is -0.0788. The summed E-state index contributed by atoms with van der Waals surface area (Å²) in [7, 11) is 2.06. The van der Waals surface area contributed by atoms with E-state index in [1.807, 2.05) is 72.5 Å². The van der Waals surface area contributed by atoms with Crippen molar-refractivity contribution in [1.29, 1.82) is 0 Å². The van der Waals surface area contributed by atoms with Gasteiger partial charge in [0.15, 0.2) is 5.69 Å². The molecule has 0 radical (unpaired) electrons. The molecule has 0 spiro atoms. The monoisotopic (exact) mass is 467 g/mol. The molecule has 1 fully saturated rings. The summed E-state index contributed by atoms with van der Waals surface area (Å²) in [6, 6.07) is 21.3. The Hall–Kier alpha value is -3.16. The maximum absolute atomic E-state index is 13.4. The lowest BCUT2D eigenvalue weighted by Crippen LogP contribution is -2.47. The molecule has 7 nitrogen and oxygen atoms in total. The van der Waals surface area contributed by atoms with Crippen LogP contribution in [0.25, 0.3) is 0 Å². The molecule has 0 aliphatic carbocycles. The van der Waals surface area contributed by atoms with Crippen LogP contribution in [0.3, 0.4) is 0 Å². The van der Waals surface area contributed by atoms with Crippen molar-refractivity contribution in [2.75, 3.05) is 38.1 Å². The van der Waals surface area contributed by atoms with Crippen molar-refractivity contribution in [2.45, 2.75) is 20.0 Å². The van der Waals surface area contributed by atoms with Crippen LogP contribution in [0.4, 0.5) is 5.69 Å². The van der Waals surface area contributed by atoms with E-state index in [0.717, 1.165) is 30.0 Å². The average Bonchev–Trinajstić information content (AvgIpc) is 3.18. The molecular weight excluding hydrogens is 438 g/mol. The Kier molecular flexibility index (Phi) is 8.25. The first-order valence-electron chi connectivity index (χ1n) is 10.9. The van der Waals surface area contributed by atoms with Gasteiger partial charge in [-0.15, -0.1) is 12.4 Å². The predicted molar refractivity (Wildman–Crippen MR) is 132 cm³/mol. The molecule has 0 unspecified atom stereocenters. The summed E-state index contributed by atoms with van der Waals surface area (Å²) in [6.07, 6.45) is 0. The Bertz CT molecular complexity index is 1060. The largest absolute Gasteiger partial charge is 0.335 e. The van der Waals surface area contributed by atoms with Gasteiger partial charge in [-0.1, -0.05) is 48.5 Å². The molecule has 0 bridgehead atoms. The van der Waals surface area contributed by atoms with Crippen LogP contribution in [0.1, 0.15) is 21.7 Å². The first-order chi connectivity index (χ1) is 15.5. The zero-order valence-electron chi connectivity index (χ0n) is 19.1. The highest BCUT2D eigenvalue weighted by molar-refractivity contribution is 5.94. The highest BCUT2D eigenvalue weighted by atomic mass is 35.5. The normalized spacial score (nSPS) is 13.9. The summed E-state index contributed by atoms with van der Waals surface area (Å²) in [5.74, 6) is -0.151. The SMILES string of the molecule is Cc1cc(C(=O)N2CCN(C)CC2)nn1CC(=O)N(Cc1ccccc1)c1ccccc1.Cl. The van der Waals surface area contributed by atoms with Crippen molar-refractivity contribution in [2.24, 2.45) is 0 Å². The van der Waals surface area contributed by atoms with Crippen molar-refractivity contribution >= 4 is 29.9 Å². The average molecular weight is 468 g/mol. The molecule has 174 valence electrons. The lowest BCUT2D eigenvalue weighted by molar-refractivity contribution is -0.119. The fraction of sp³-hybridized carbons (Fsp3) is 0.320. The van der Waals surface area contributed by atoms with Gasteiger partial charge >= 0.3 is 0 Å². The molecule has 33 heavy (non-hydrogen) atoms. The van der Waals surface area contributed by atoms with Gasteiger partial charge in [0.05, 0.1) is 6.54 Å². The second-order valence-electron chi connectivity index (χ2n) is 8.23. The summed E-state index contributed by atoms with van der Waals surface area (Å²) in [5, 5.41) is 4.49. The third kappa shape index (κ3) is 6.00. The molecule has 1 aliphatic heterocycles. The van der Waals surface area contributed by atoms with E-state index in [-0.39, 0.29) is 30.8 Å². The number of para-hydroxylation sites is 1. The molecule has 0 atom stereocenters. The minimum Gasteiger partial charge on any atom is -0.335 e. The molecule has 1 aromatic heterocycles. The van der Waals surface area contributed by atoms with Gasteiger partial charge in [-0.2, -0.15) is 5.10 Å². The third-order valence-electron chi connectivity index (χ3n) is 5.83. The minimum absolute atomic E-state index is 0. The van der Waals surface area contributed by atoms with E-state index in [0.29, 0.717) is 25.3 Å². The van der Waals surface area contributed by atoms with E-state index in [2.05, 4.69) is 17.0 Å². The Morgan fingerprint density at radius 2 is 1.55 bits per heavy atom. The van der Waals surface area contributed by atoms with Crippen LogP contribution in [0.2, 0.25) is 0 Å². The molecule has 4 rings (SSSR count). The maximum atomic E-state index is 13.4. The van der Waals surface area contributed by atoms with Crippen molar-refractivity contribution in [3.8, 4) is 0 Å². The van der Waals surface area contributed by atoms with E-state index in [9.17, 15) is 9.59 Å². The summed E-state index contributed by atoms with van der Waals surface area (Å²) < 4.78 is 1.63. The van der Waals surface area contributed by atoms with Crippen LogP contribution in [0.5, 0.6) is 0 Å². The second kappa shape index (κ2) is 11.1. The van der Waals surface area contributed by atoms with E-state index in [1.165, 1.54) is 0 Å². The molecule has 1 aliphatic rings. The molecular formula is C25H30ClN5O2. The molecule has 2 amide bonds. The van der Waals surface area contributed by atoms with Gasteiger partial charge in [0.1, 0.15) is 6.54 Å². The number of nitrogens with zero attached hydrogens (tertiary/aromatic N) is 5. The number of aryl methyl sites for hydroxylation is 1. The molecule has 1 saturated heterocycles. The molecule has 0 saturated carbocycles. The quantitative estimate of drug-likeness (QED) is 0.558. The lowest BCUT2D eigenvalue weighted by Gasteiger charge is -2.31. The number of carbonyl (C=O) groups excluding carboxylic acids is 2. The highest BCUT2D eigenvalue weighted by Crippen LogP contribution is 2.18. The standard InChI is InChI=1S/C25H29N5O2.ClH/c1-20-17-23(25(32)28-15-13-27(2)14-16-28)26-30(20)19-24(31)29(22-11-7-4-8-12-22)18-21-9-5-3-6-10-21;/h3-12,17H,13-16,18-19H2,1-2H3;1H. The number of halogens is 1. The number of hydrogen-bond donors (Lipinski definition) is 0. The van der Waals surface area contributed by atoms with E-state index < -0.39 is 0 Å². The third-order valence-corrected chi connectivity index (χ3v) is 5.83. The van der Waals surface area contributed by atoms with Gasteiger partial charge in [-0.25, -0.2) is 0 Å². The van der Waals surface area contributed by atoms with Crippen molar-refractivity contribution in [3.63, 3.8) is 0 Å². The number of benzene rings is 2. The Labute approximate surface area is 201 Å². The van der Waals surface area contributed by atoms with E-state index in [4.69, 9.17) is 0 Å². The summed E-state index contributed by atoms with van der Waals surface area (Å²) >= 11 is 0. The predicted octanol–water partition coefficient (Wildman–Crippen LogP) is 3.23. The number of likely N-dealkylation sites (N-methyl/N-ethyl adjacent to an activating group) is 1. The Morgan fingerprint density at radius 1 is 0.939 bits per heavy atom. The number of aromatic nitrogens is 2. The molecule has 8 heteroatoms. The van der Waals surface area contributed by atoms with Crippen LogP contribution >= 0.6 is 12.4 Å². The maximum Gasteiger partial charge on any atom is 0.274 e. The first kappa shape index (κ1) is 24.5. The van der Waals surface area contributed by atoms with Crippen LogP contribution < -0.4 is 4.90 Å². The van der Waals surface area contributed by atoms with E-state index >= 15 is 0 Å². The molecule has 2 aromatic carbocycles. The van der Waals surface area contributed by atoms with Gasteiger partial charge < -0.3 is 14.7 Å². The number of amides is 2. The number of anilines is 1. The highest BCUT2D eigenvalue weighted by Gasteiger charge is 2.24. The van der Waals surface area contributed by atoms with Gasteiger partial charge in [0.2, 0.25) is 5.91 Å². The second-order valence-corrected chi connectivity index (χ2v) is 8.23. The van der Waals surface area contributed by atoms with Crippen LogP contribution in [0, 0.1) is 6.92 Å². The molecule has 2 heterocycles. The number of rotatable bonds is 6. The Morgan fingerprint density at radius 3 is 2.18 bits per heavy atom. The Balaban J connectivity index is 0.00000306. The summed E-state index contributed by atoms with van der Waals surface area (Å²) in [5.41, 5.74) is 3.07. The zero-order chi connectivity index (χ0) is 22.5. The lowest BCUT2D eigenvalue weighted by atomic mass is 10.2. The number of carbonyl (C=O) groups is 2. The molecule has 0 N–H and O–H groups in total. The van der Waals surface area contributed by atoms with Crippen molar-refractivity contribution in [3.05, 3.63) is 83.7 Å².